The predicted octanol–water partition coefficient (Wildman–Crippen LogP) is -0.0328. The van der Waals surface area contributed by atoms with Gasteiger partial charge in [-0.3, -0.25) is 14.0 Å². The second kappa shape index (κ2) is 4.02. The van der Waals surface area contributed by atoms with Gasteiger partial charge in [0.25, 0.3) is 0 Å². The summed E-state index contributed by atoms with van der Waals surface area (Å²) in [5.41, 5.74) is 0. The van der Waals surface area contributed by atoms with Gasteiger partial charge in [-0.2, -0.15) is 0 Å². The Morgan fingerprint density at radius 2 is 1.43 bits per heavy atom. The summed E-state index contributed by atoms with van der Waals surface area (Å²) >= 11 is 0. The van der Waals surface area contributed by atoms with Gasteiger partial charge in [0.05, 0.1) is 0 Å². The Labute approximate surface area is 82.1 Å². The molecule has 0 radical (unpaired) electrons. The summed E-state index contributed by atoms with van der Waals surface area (Å²) in [6.07, 6.45) is 0. The lowest BCUT2D eigenvalue weighted by molar-refractivity contribution is 0.203. The van der Waals surface area contributed by atoms with E-state index < -0.39 is 20.2 Å². The molecule has 0 heterocycles. The minimum Gasteiger partial charge on any atom is -0.323 e. The van der Waals surface area contributed by atoms with E-state index in [-0.39, 0.29) is 6.54 Å². The van der Waals surface area contributed by atoms with Crippen LogP contribution in [0.3, 0.4) is 0 Å². The van der Waals surface area contributed by atoms with Crippen molar-refractivity contribution in [3.05, 3.63) is 0 Å². The first-order chi connectivity index (χ1) is 5.98. The van der Waals surface area contributed by atoms with Crippen LogP contribution < -0.4 is 0 Å². The van der Waals surface area contributed by atoms with E-state index in [0.29, 0.717) is 0 Å². The molecule has 0 rings (SSSR count). The summed E-state index contributed by atoms with van der Waals surface area (Å²) < 4.78 is 22.1. The van der Waals surface area contributed by atoms with Crippen molar-refractivity contribution in [2.24, 2.45) is 0 Å². The van der Waals surface area contributed by atoms with Gasteiger partial charge in [-0.1, -0.05) is 6.92 Å². The van der Waals surface area contributed by atoms with Gasteiger partial charge in [-0.25, -0.2) is 0 Å². The first-order valence-corrected chi connectivity index (χ1v) is 7.03. The molecule has 0 aliphatic carbocycles. The molecule has 0 aliphatic heterocycles. The first-order valence-electron chi connectivity index (χ1n) is 3.81. The molecule has 0 bridgehead atoms. The lowest BCUT2D eigenvalue weighted by Gasteiger charge is -2.38. The molecule has 0 unspecified atom stereocenters. The summed E-state index contributed by atoms with van der Waals surface area (Å²) in [6.45, 7) is 2.52. The van der Waals surface area contributed by atoms with Gasteiger partial charge >= 0.3 is 15.2 Å². The van der Waals surface area contributed by atoms with Crippen LogP contribution in [0, 0.1) is 0 Å². The van der Waals surface area contributed by atoms with Gasteiger partial charge in [0.15, 0.2) is 0 Å². The Balaban J connectivity index is 5.53. The standard InChI is InChI=1S/C5H15NO6P2/c1-4-6(3)5(2,13(7,8)9)14(10,11)12/h4H2,1-3H3,(H2,7,8,9)(H2,10,11,12). The van der Waals surface area contributed by atoms with Crippen molar-refractivity contribution in [3.8, 4) is 0 Å². The second-order valence-corrected chi connectivity index (χ2v) is 7.34. The van der Waals surface area contributed by atoms with Crippen molar-refractivity contribution in [1.82, 2.24) is 4.90 Å². The fraction of sp³-hybridized carbons (Fsp3) is 1.00. The normalized spacial score (nSPS) is 14.9. The van der Waals surface area contributed by atoms with Crippen molar-refractivity contribution >= 4 is 15.2 Å². The quantitative estimate of drug-likeness (QED) is 0.515. The summed E-state index contributed by atoms with van der Waals surface area (Å²) in [5.74, 6) is 0. The molecule has 0 spiro atoms. The molecule has 0 aliphatic rings. The molecule has 86 valence electrons. The largest absolute Gasteiger partial charge is 0.357 e. The van der Waals surface area contributed by atoms with E-state index in [9.17, 15) is 9.13 Å². The zero-order chi connectivity index (χ0) is 11.8. The Kier molecular flexibility index (Phi) is 4.10. The third-order valence-electron chi connectivity index (χ3n) is 2.30. The Morgan fingerprint density at radius 3 is 1.50 bits per heavy atom. The summed E-state index contributed by atoms with van der Waals surface area (Å²) in [6, 6.07) is 0. The summed E-state index contributed by atoms with van der Waals surface area (Å²) in [5, 5.41) is -2.45. The first kappa shape index (κ1) is 14.3. The minimum absolute atomic E-state index is 0.118. The third kappa shape index (κ3) is 2.25. The second-order valence-electron chi connectivity index (χ2n) is 3.07. The lowest BCUT2D eigenvalue weighted by atomic mass is 10.6. The van der Waals surface area contributed by atoms with Crippen molar-refractivity contribution in [1.29, 1.82) is 0 Å². The van der Waals surface area contributed by atoms with E-state index >= 15 is 0 Å². The van der Waals surface area contributed by atoms with E-state index in [1.54, 1.807) is 6.92 Å². The number of rotatable bonds is 4. The topological polar surface area (TPSA) is 118 Å². The molecular formula is C5H15NO6P2. The van der Waals surface area contributed by atoms with Crippen LogP contribution in [0.2, 0.25) is 0 Å². The molecule has 14 heavy (non-hydrogen) atoms. The number of hydrogen-bond acceptors (Lipinski definition) is 3. The fourth-order valence-corrected chi connectivity index (χ4v) is 3.44. The van der Waals surface area contributed by atoms with Gasteiger partial charge in [-0.15, -0.1) is 0 Å². The Hall–Kier alpha value is 0.260. The highest BCUT2D eigenvalue weighted by Gasteiger charge is 2.58. The van der Waals surface area contributed by atoms with Gasteiger partial charge < -0.3 is 19.6 Å². The van der Waals surface area contributed by atoms with Crippen LogP contribution in [-0.2, 0) is 9.13 Å². The molecule has 7 nitrogen and oxygen atoms in total. The van der Waals surface area contributed by atoms with Gasteiger partial charge in [-0.05, 0) is 20.5 Å². The third-order valence-corrected chi connectivity index (χ3v) is 6.75. The summed E-state index contributed by atoms with van der Waals surface area (Å²) in [4.78, 5) is 36.8. The van der Waals surface area contributed by atoms with E-state index in [0.717, 1.165) is 11.8 Å². The van der Waals surface area contributed by atoms with Crippen LogP contribution in [0.5, 0.6) is 0 Å². The van der Waals surface area contributed by atoms with E-state index in [1.807, 2.05) is 0 Å². The maximum absolute atomic E-state index is 11.1. The molecule has 0 aromatic heterocycles. The molecule has 0 aromatic carbocycles. The average molecular weight is 247 g/mol. The summed E-state index contributed by atoms with van der Waals surface area (Å²) in [7, 11) is -8.59. The number of hydrogen-bond donors (Lipinski definition) is 4. The highest BCUT2D eigenvalue weighted by molar-refractivity contribution is 7.72. The molecule has 0 amide bonds. The fourth-order valence-electron chi connectivity index (χ4n) is 0.914. The minimum atomic E-state index is -4.92. The Bertz CT molecular complexity index is 271. The highest BCUT2D eigenvalue weighted by Crippen LogP contribution is 2.69. The smallest absolute Gasteiger partial charge is 0.323 e. The van der Waals surface area contributed by atoms with E-state index in [2.05, 4.69) is 0 Å². The average Bonchev–Trinajstić information content (AvgIpc) is 1.97. The molecule has 0 fully saturated rings. The SMILES string of the molecule is CCN(C)C(C)(P(=O)(O)O)P(=O)(O)O. The zero-order valence-electron chi connectivity index (χ0n) is 8.15. The molecule has 0 aromatic rings. The predicted molar refractivity (Wildman–Crippen MR) is 50.8 cm³/mol. The van der Waals surface area contributed by atoms with Crippen LogP contribution in [0.1, 0.15) is 13.8 Å². The van der Waals surface area contributed by atoms with Crippen molar-refractivity contribution in [2.45, 2.75) is 18.9 Å². The molecule has 9 heteroatoms. The molecule has 0 atom stereocenters. The molecule has 0 saturated heterocycles. The van der Waals surface area contributed by atoms with Crippen molar-refractivity contribution in [2.75, 3.05) is 13.6 Å². The van der Waals surface area contributed by atoms with Crippen LogP contribution in [-0.4, -0.2) is 43.1 Å². The monoisotopic (exact) mass is 247 g/mol. The highest BCUT2D eigenvalue weighted by atomic mass is 31.2. The van der Waals surface area contributed by atoms with Crippen LogP contribution in [0.15, 0.2) is 0 Å². The molecule has 0 saturated carbocycles. The Morgan fingerprint density at radius 1 is 1.14 bits per heavy atom. The van der Waals surface area contributed by atoms with Gasteiger partial charge in [0, 0.05) is 0 Å². The van der Waals surface area contributed by atoms with Gasteiger partial charge in [0.2, 0.25) is 5.02 Å². The van der Waals surface area contributed by atoms with E-state index in [4.69, 9.17) is 19.6 Å². The molecular weight excluding hydrogens is 232 g/mol. The zero-order valence-corrected chi connectivity index (χ0v) is 9.94. The lowest BCUT2D eigenvalue weighted by Crippen LogP contribution is -2.43. The van der Waals surface area contributed by atoms with Crippen LogP contribution >= 0.6 is 15.2 Å². The van der Waals surface area contributed by atoms with Crippen molar-refractivity contribution in [3.63, 3.8) is 0 Å². The van der Waals surface area contributed by atoms with Gasteiger partial charge in [0.1, 0.15) is 0 Å². The maximum Gasteiger partial charge on any atom is 0.357 e. The number of nitrogens with zero attached hydrogens (tertiary/aromatic N) is 1. The van der Waals surface area contributed by atoms with Crippen molar-refractivity contribution < 1.29 is 28.7 Å². The van der Waals surface area contributed by atoms with E-state index in [1.165, 1.54) is 7.05 Å². The molecule has 4 N–H and O–H groups in total. The van der Waals surface area contributed by atoms with Crippen LogP contribution in [0.4, 0.5) is 0 Å². The maximum atomic E-state index is 11.1. The van der Waals surface area contributed by atoms with Crippen LogP contribution in [0.25, 0.3) is 0 Å².